The van der Waals surface area contributed by atoms with Gasteiger partial charge in [0.1, 0.15) is 12.3 Å². The van der Waals surface area contributed by atoms with Crippen LogP contribution in [-0.4, -0.2) is 32.4 Å². The van der Waals surface area contributed by atoms with E-state index in [1.165, 1.54) is 0 Å². The maximum absolute atomic E-state index is 11.4. The summed E-state index contributed by atoms with van der Waals surface area (Å²) >= 11 is 0. The quantitative estimate of drug-likeness (QED) is 0.276. The molecule has 0 aromatic carbocycles. The lowest BCUT2D eigenvalue weighted by Gasteiger charge is -2.36. The average Bonchev–Trinajstić information content (AvgIpc) is 2.42. The van der Waals surface area contributed by atoms with Gasteiger partial charge in [-0.15, -0.1) is 0 Å². The minimum absolute atomic E-state index is 0.171. The van der Waals surface area contributed by atoms with Crippen molar-refractivity contribution in [2.24, 2.45) is 5.84 Å². The fourth-order valence-electron chi connectivity index (χ4n) is 1.36. The van der Waals surface area contributed by atoms with Crippen molar-refractivity contribution in [3.63, 3.8) is 0 Å². The molecule has 0 saturated heterocycles. The Morgan fingerprint density at radius 1 is 1.33 bits per heavy atom. The molecule has 21 heavy (non-hydrogen) atoms. The van der Waals surface area contributed by atoms with Crippen molar-refractivity contribution in [2.75, 3.05) is 13.2 Å². The van der Waals surface area contributed by atoms with E-state index >= 15 is 0 Å². The van der Waals surface area contributed by atoms with Gasteiger partial charge in [0.2, 0.25) is 5.88 Å². The molecule has 1 heterocycles. The van der Waals surface area contributed by atoms with E-state index < -0.39 is 14.2 Å². The third-order valence-electron chi connectivity index (χ3n) is 3.69. The highest BCUT2D eigenvalue weighted by Crippen LogP contribution is 2.36. The Morgan fingerprint density at radius 2 is 2.00 bits per heavy atom. The lowest BCUT2D eigenvalue weighted by molar-refractivity contribution is 0.0947. The van der Waals surface area contributed by atoms with E-state index in [2.05, 4.69) is 38.8 Å². The fourth-order valence-corrected chi connectivity index (χ4v) is 2.38. The molecule has 118 valence electrons. The van der Waals surface area contributed by atoms with Crippen LogP contribution in [-0.2, 0) is 4.43 Å². The summed E-state index contributed by atoms with van der Waals surface area (Å²) in [6.45, 7) is 11.9. The van der Waals surface area contributed by atoms with Gasteiger partial charge in [0.15, 0.2) is 8.32 Å². The lowest BCUT2D eigenvalue weighted by Crippen LogP contribution is -2.41. The molecule has 3 N–H and O–H groups in total. The number of nitrogens with two attached hydrogens (primary N) is 1. The minimum atomic E-state index is -1.76. The van der Waals surface area contributed by atoms with Crippen LogP contribution >= 0.6 is 0 Å². The van der Waals surface area contributed by atoms with Crippen molar-refractivity contribution in [2.45, 2.75) is 38.9 Å². The zero-order valence-corrected chi connectivity index (χ0v) is 14.4. The van der Waals surface area contributed by atoms with Gasteiger partial charge in [0.25, 0.3) is 5.91 Å². The molecule has 1 amide bonds. The molecule has 1 aromatic rings. The lowest BCUT2D eigenvalue weighted by atomic mass is 10.2. The van der Waals surface area contributed by atoms with Crippen molar-refractivity contribution in [1.82, 2.24) is 10.4 Å². The summed E-state index contributed by atoms with van der Waals surface area (Å²) in [4.78, 5) is 15.4. The maximum atomic E-state index is 11.4. The van der Waals surface area contributed by atoms with Gasteiger partial charge < -0.3 is 9.16 Å². The predicted molar refractivity (Wildman–Crippen MR) is 84.5 cm³/mol. The smallest absolute Gasteiger partial charge is 0.283 e. The Labute approximate surface area is 127 Å². The number of amides is 1. The Kier molecular flexibility index (Phi) is 5.88. The van der Waals surface area contributed by atoms with Gasteiger partial charge in [-0.3, -0.25) is 10.2 Å². The Bertz CT molecular complexity index is 487. The van der Waals surface area contributed by atoms with E-state index in [4.69, 9.17) is 15.0 Å². The highest BCUT2D eigenvalue weighted by Gasteiger charge is 2.36. The molecule has 0 radical (unpaired) electrons. The number of rotatable bonds is 6. The summed E-state index contributed by atoms with van der Waals surface area (Å²) in [5.41, 5.74) is 2.26. The second-order valence-electron chi connectivity index (χ2n) is 6.29. The third-order valence-corrected chi connectivity index (χ3v) is 8.23. The SMILES string of the molecule is CC(C)(C)[Si](C)(C)OCCOc1cccc(C(=O)NN)n1. The van der Waals surface area contributed by atoms with Gasteiger partial charge in [0, 0.05) is 6.07 Å². The highest BCUT2D eigenvalue weighted by atomic mass is 28.4. The van der Waals surface area contributed by atoms with Crippen molar-refractivity contribution in [1.29, 1.82) is 0 Å². The highest BCUT2D eigenvalue weighted by molar-refractivity contribution is 6.74. The molecule has 0 saturated carbocycles. The van der Waals surface area contributed by atoms with E-state index in [1.807, 2.05) is 5.43 Å². The number of aromatic nitrogens is 1. The number of hydrogen-bond donors (Lipinski definition) is 2. The number of carbonyl (C=O) groups is 1. The van der Waals surface area contributed by atoms with E-state index in [0.717, 1.165) is 0 Å². The number of ether oxygens (including phenoxy) is 1. The minimum Gasteiger partial charge on any atom is -0.475 e. The van der Waals surface area contributed by atoms with Crippen molar-refractivity contribution in [3.8, 4) is 5.88 Å². The first kappa shape index (κ1) is 17.6. The molecule has 6 nitrogen and oxygen atoms in total. The van der Waals surface area contributed by atoms with Crippen LogP contribution in [0.1, 0.15) is 31.3 Å². The standard InChI is InChI=1S/C14H25N3O3Si/c1-14(2,3)21(4,5)20-10-9-19-12-8-6-7-11(16-12)13(18)17-15/h6-8H,9-10,15H2,1-5H3,(H,17,18). The molecule has 0 fully saturated rings. The second kappa shape index (κ2) is 7.01. The molecule has 7 heteroatoms. The number of carbonyl (C=O) groups excluding carboxylic acids is 1. The zero-order valence-electron chi connectivity index (χ0n) is 13.4. The summed E-state index contributed by atoms with van der Waals surface area (Å²) < 4.78 is 11.5. The van der Waals surface area contributed by atoms with Crippen LogP contribution in [0.4, 0.5) is 0 Å². The van der Waals surface area contributed by atoms with Crippen LogP contribution in [0.15, 0.2) is 18.2 Å². The monoisotopic (exact) mass is 311 g/mol. The normalized spacial score (nSPS) is 12.1. The fraction of sp³-hybridized carbons (Fsp3) is 0.571. The van der Waals surface area contributed by atoms with Crippen LogP contribution in [0.25, 0.3) is 0 Å². The van der Waals surface area contributed by atoms with Gasteiger partial charge in [0.05, 0.1) is 6.61 Å². The molecular weight excluding hydrogens is 286 g/mol. The Hall–Kier alpha value is -1.44. The summed E-state index contributed by atoms with van der Waals surface area (Å²) in [6, 6.07) is 4.96. The largest absolute Gasteiger partial charge is 0.475 e. The van der Waals surface area contributed by atoms with Crippen molar-refractivity contribution >= 4 is 14.2 Å². The predicted octanol–water partition coefficient (Wildman–Crippen LogP) is 2.09. The van der Waals surface area contributed by atoms with Crippen molar-refractivity contribution < 1.29 is 14.0 Å². The summed E-state index contributed by atoms with van der Waals surface area (Å²) in [6.07, 6.45) is 0. The van der Waals surface area contributed by atoms with Crippen LogP contribution in [0.5, 0.6) is 5.88 Å². The summed E-state index contributed by atoms with van der Waals surface area (Å²) in [7, 11) is -1.76. The van der Waals surface area contributed by atoms with Crippen LogP contribution in [0, 0.1) is 0 Å². The van der Waals surface area contributed by atoms with E-state index in [9.17, 15) is 4.79 Å². The number of pyridine rings is 1. The number of hydrazine groups is 1. The topological polar surface area (TPSA) is 86.5 Å². The second-order valence-corrected chi connectivity index (χ2v) is 11.1. The van der Waals surface area contributed by atoms with E-state index in [1.54, 1.807) is 18.2 Å². The summed E-state index contributed by atoms with van der Waals surface area (Å²) in [5, 5.41) is 0.171. The van der Waals surface area contributed by atoms with Gasteiger partial charge >= 0.3 is 0 Å². The Balaban J connectivity index is 2.48. The first-order valence-corrected chi connectivity index (χ1v) is 9.83. The van der Waals surface area contributed by atoms with Gasteiger partial charge in [-0.05, 0) is 24.2 Å². The first-order valence-electron chi connectivity index (χ1n) is 6.92. The zero-order chi connectivity index (χ0) is 16.1. The molecule has 1 aromatic heterocycles. The number of hydrogen-bond acceptors (Lipinski definition) is 5. The van der Waals surface area contributed by atoms with Crippen LogP contribution in [0.3, 0.4) is 0 Å². The molecule has 0 aliphatic heterocycles. The maximum Gasteiger partial charge on any atom is 0.283 e. The first-order chi connectivity index (χ1) is 9.67. The third kappa shape index (κ3) is 5.11. The number of nitrogens with one attached hydrogen (secondary N) is 1. The molecule has 0 unspecified atom stereocenters. The molecule has 0 spiro atoms. The van der Waals surface area contributed by atoms with Gasteiger partial charge in [-0.25, -0.2) is 10.8 Å². The van der Waals surface area contributed by atoms with Gasteiger partial charge in [-0.2, -0.15) is 0 Å². The van der Waals surface area contributed by atoms with Crippen LogP contribution < -0.4 is 16.0 Å². The Morgan fingerprint density at radius 3 is 2.57 bits per heavy atom. The molecule has 0 aliphatic carbocycles. The average molecular weight is 311 g/mol. The van der Waals surface area contributed by atoms with E-state index in [0.29, 0.717) is 19.1 Å². The van der Waals surface area contributed by atoms with Crippen molar-refractivity contribution in [3.05, 3.63) is 23.9 Å². The van der Waals surface area contributed by atoms with E-state index in [-0.39, 0.29) is 10.7 Å². The molecule has 0 atom stereocenters. The van der Waals surface area contributed by atoms with Gasteiger partial charge in [-0.1, -0.05) is 26.8 Å². The van der Waals surface area contributed by atoms with Crippen LogP contribution in [0.2, 0.25) is 18.1 Å². The molecule has 0 aliphatic rings. The molecule has 1 rings (SSSR count). The molecular formula is C14H25N3O3Si. The summed E-state index contributed by atoms with van der Waals surface area (Å²) in [5.74, 6) is 5.01. The number of nitrogen functional groups attached to an aromatic ring is 1. The molecule has 0 bridgehead atoms. The number of nitrogens with zero attached hydrogens (tertiary/aromatic N) is 1.